The fraction of sp³-hybridized carbons (Fsp3) is 0.571. The summed E-state index contributed by atoms with van der Waals surface area (Å²) in [6.45, 7) is 8.78. The molecule has 0 unspecified atom stereocenters. The van der Waals surface area contributed by atoms with E-state index >= 15 is 0 Å². The first-order chi connectivity index (χ1) is 8.24. The summed E-state index contributed by atoms with van der Waals surface area (Å²) in [6, 6.07) is 5.81. The Kier molecular flexibility index (Phi) is 5.20. The fourth-order valence-corrected chi connectivity index (χ4v) is 2.52. The summed E-state index contributed by atoms with van der Waals surface area (Å²) in [6.07, 6.45) is -0.472. The molecule has 1 aromatic carbocycles. The SMILES string of the molecule is CCN(CC(C)(C)O)c1ccc([C@H](C)O)cc1Br. The molecule has 4 heteroatoms. The second-order valence-corrected chi connectivity index (χ2v) is 6.07. The van der Waals surface area contributed by atoms with Gasteiger partial charge in [-0.2, -0.15) is 0 Å². The van der Waals surface area contributed by atoms with E-state index in [1.165, 1.54) is 0 Å². The van der Waals surface area contributed by atoms with Gasteiger partial charge in [0.25, 0.3) is 0 Å². The minimum Gasteiger partial charge on any atom is -0.389 e. The molecule has 0 fully saturated rings. The van der Waals surface area contributed by atoms with Crippen molar-refractivity contribution in [3.05, 3.63) is 28.2 Å². The summed E-state index contributed by atoms with van der Waals surface area (Å²) >= 11 is 3.53. The van der Waals surface area contributed by atoms with E-state index in [2.05, 4.69) is 27.8 Å². The Hall–Kier alpha value is -0.580. The monoisotopic (exact) mass is 315 g/mol. The van der Waals surface area contributed by atoms with Gasteiger partial charge in [0.15, 0.2) is 0 Å². The molecule has 0 spiro atoms. The van der Waals surface area contributed by atoms with Crippen LogP contribution in [0.1, 0.15) is 39.4 Å². The van der Waals surface area contributed by atoms with E-state index in [0.29, 0.717) is 6.54 Å². The Morgan fingerprint density at radius 3 is 2.39 bits per heavy atom. The van der Waals surface area contributed by atoms with Crippen molar-refractivity contribution in [3.63, 3.8) is 0 Å². The van der Waals surface area contributed by atoms with Crippen molar-refractivity contribution in [2.75, 3.05) is 18.0 Å². The summed E-state index contributed by atoms with van der Waals surface area (Å²) in [4.78, 5) is 2.11. The number of hydrogen-bond donors (Lipinski definition) is 2. The number of anilines is 1. The van der Waals surface area contributed by atoms with Crippen molar-refractivity contribution in [1.29, 1.82) is 0 Å². The molecule has 0 heterocycles. The predicted octanol–water partition coefficient (Wildman–Crippen LogP) is 3.10. The van der Waals surface area contributed by atoms with Gasteiger partial charge in [0, 0.05) is 17.6 Å². The molecule has 1 aromatic rings. The van der Waals surface area contributed by atoms with Gasteiger partial charge >= 0.3 is 0 Å². The maximum Gasteiger partial charge on any atom is 0.0765 e. The molecule has 0 bridgehead atoms. The van der Waals surface area contributed by atoms with Crippen LogP contribution in [-0.2, 0) is 0 Å². The Morgan fingerprint density at radius 2 is 2.00 bits per heavy atom. The number of nitrogens with zero attached hydrogens (tertiary/aromatic N) is 1. The number of likely N-dealkylation sites (N-methyl/N-ethyl adjacent to an activating group) is 1. The molecule has 3 nitrogen and oxygen atoms in total. The normalized spacial score (nSPS) is 13.5. The van der Waals surface area contributed by atoms with Crippen LogP contribution in [0.2, 0.25) is 0 Å². The second-order valence-electron chi connectivity index (χ2n) is 5.21. The van der Waals surface area contributed by atoms with Crippen molar-refractivity contribution in [2.24, 2.45) is 0 Å². The minimum absolute atomic E-state index is 0.472. The molecule has 2 N–H and O–H groups in total. The molecule has 1 atom stereocenters. The third-order valence-corrected chi connectivity index (χ3v) is 3.39. The van der Waals surface area contributed by atoms with E-state index < -0.39 is 11.7 Å². The summed E-state index contributed by atoms with van der Waals surface area (Å²) < 4.78 is 0.937. The average molecular weight is 316 g/mol. The number of aliphatic hydroxyl groups is 2. The quantitative estimate of drug-likeness (QED) is 0.877. The third-order valence-electron chi connectivity index (χ3n) is 2.75. The molecule has 0 aliphatic carbocycles. The number of aliphatic hydroxyl groups excluding tert-OH is 1. The summed E-state index contributed by atoms with van der Waals surface area (Å²) in [5.74, 6) is 0. The van der Waals surface area contributed by atoms with Crippen LogP contribution in [0, 0.1) is 0 Å². The lowest BCUT2D eigenvalue weighted by Gasteiger charge is -2.31. The number of benzene rings is 1. The zero-order valence-electron chi connectivity index (χ0n) is 11.4. The van der Waals surface area contributed by atoms with Crippen LogP contribution < -0.4 is 4.90 Å². The standard InChI is InChI=1S/C14H22BrNO2/c1-5-16(9-14(3,4)18)13-7-6-11(10(2)17)8-12(13)15/h6-8,10,17-18H,5,9H2,1-4H3/t10-/m0/s1. The van der Waals surface area contributed by atoms with Gasteiger partial charge in [-0.05, 0) is 61.3 Å². The van der Waals surface area contributed by atoms with E-state index in [-0.39, 0.29) is 0 Å². The minimum atomic E-state index is -0.738. The predicted molar refractivity (Wildman–Crippen MR) is 79.0 cm³/mol. The molecule has 0 aliphatic heterocycles. The van der Waals surface area contributed by atoms with Gasteiger partial charge in [0.05, 0.1) is 17.4 Å². The summed E-state index contributed by atoms with van der Waals surface area (Å²) in [7, 11) is 0. The Bertz CT molecular complexity index is 399. The van der Waals surface area contributed by atoms with Crippen LogP contribution in [0.25, 0.3) is 0 Å². The van der Waals surface area contributed by atoms with Crippen LogP contribution in [0.3, 0.4) is 0 Å². The second kappa shape index (κ2) is 6.04. The van der Waals surface area contributed by atoms with Crippen molar-refractivity contribution in [3.8, 4) is 0 Å². The number of hydrogen-bond acceptors (Lipinski definition) is 3. The molecule has 0 aromatic heterocycles. The van der Waals surface area contributed by atoms with Gasteiger partial charge in [-0.15, -0.1) is 0 Å². The van der Waals surface area contributed by atoms with E-state index in [9.17, 15) is 10.2 Å². The fourth-order valence-electron chi connectivity index (χ4n) is 1.87. The Labute approximate surface area is 118 Å². The molecule has 0 amide bonds. The van der Waals surface area contributed by atoms with Crippen LogP contribution in [0.15, 0.2) is 22.7 Å². The van der Waals surface area contributed by atoms with Crippen molar-refractivity contribution < 1.29 is 10.2 Å². The van der Waals surface area contributed by atoms with Gasteiger partial charge in [-0.1, -0.05) is 6.07 Å². The topological polar surface area (TPSA) is 43.7 Å². The first-order valence-corrected chi connectivity index (χ1v) is 6.98. The van der Waals surface area contributed by atoms with E-state index in [1.807, 2.05) is 18.2 Å². The van der Waals surface area contributed by atoms with Crippen LogP contribution >= 0.6 is 15.9 Å². The highest BCUT2D eigenvalue weighted by Crippen LogP contribution is 2.30. The Morgan fingerprint density at radius 1 is 1.39 bits per heavy atom. The van der Waals surface area contributed by atoms with Crippen LogP contribution in [-0.4, -0.2) is 28.9 Å². The smallest absolute Gasteiger partial charge is 0.0765 e. The van der Waals surface area contributed by atoms with E-state index in [1.54, 1.807) is 20.8 Å². The van der Waals surface area contributed by atoms with Gasteiger partial charge in [-0.3, -0.25) is 0 Å². The lowest BCUT2D eigenvalue weighted by molar-refractivity contribution is 0.0875. The maximum atomic E-state index is 9.92. The molecule has 0 saturated heterocycles. The first-order valence-electron chi connectivity index (χ1n) is 6.19. The highest BCUT2D eigenvalue weighted by Gasteiger charge is 2.19. The molecular formula is C14H22BrNO2. The molecular weight excluding hydrogens is 294 g/mol. The van der Waals surface area contributed by atoms with Crippen LogP contribution in [0.4, 0.5) is 5.69 Å². The highest BCUT2D eigenvalue weighted by atomic mass is 79.9. The van der Waals surface area contributed by atoms with Gasteiger partial charge in [-0.25, -0.2) is 0 Å². The van der Waals surface area contributed by atoms with Crippen molar-refractivity contribution in [2.45, 2.75) is 39.4 Å². The zero-order chi connectivity index (χ0) is 13.9. The Balaban J connectivity index is 3.00. The summed E-state index contributed by atoms with van der Waals surface area (Å²) in [5, 5.41) is 19.5. The van der Waals surface area contributed by atoms with Crippen molar-refractivity contribution >= 4 is 21.6 Å². The maximum absolute atomic E-state index is 9.92. The van der Waals surface area contributed by atoms with Gasteiger partial charge in [0.1, 0.15) is 0 Å². The van der Waals surface area contributed by atoms with Crippen LogP contribution in [0.5, 0.6) is 0 Å². The highest BCUT2D eigenvalue weighted by molar-refractivity contribution is 9.10. The largest absolute Gasteiger partial charge is 0.389 e. The number of rotatable bonds is 5. The number of halogens is 1. The molecule has 18 heavy (non-hydrogen) atoms. The molecule has 1 rings (SSSR count). The zero-order valence-corrected chi connectivity index (χ0v) is 13.0. The molecule has 0 radical (unpaired) electrons. The third kappa shape index (κ3) is 4.26. The molecule has 102 valence electrons. The summed E-state index contributed by atoms with van der Waals surface area (Å²) in [5.41, 5.74) is 1.17. The van der Waals surface area contributed by atoms with Gasteiger partial charge < -0.3 is 15.1 Å². The first kappa shape index (κ1) is 15.5. The average Bonchev–Trinajstić information content (AvgIpc) is 2.24. The van der Waals surface area contributed by atoms with E-state index in [4.69, 9.17) is 0 Å². The lowest BCUT2D eigenvalue weighted by atomic mass is 10.1. The molecule has 0 saturated carbocycles. The lowest BCUT2D eigenvalue weighted by Crippen LogP contribution is -2.38. The van der Waals surface area contributed by atoms with Crippen molar-refractivity contribution in [1.82, 2.24) is 0 Å². The van der Waals surface area contributed by atoms with Gasteiger partial charge in [0.2, 0.25) is 0 Å². The van der Waals surface area contributed by atoms with E-state index in [0.717, 1.165) is 22.3 Å². The molecule has 0 aliphatic rings.